The third-order valence-corrected chi connectivity index (χ3v) is 5.82. The molecule has 2 N–H and O–H groups in total. The maximum absolute atomic E-state index is 12.0. The number of amides is 1. The van der Waals surface area contributed by atoms with E-state index in [1.807, 2.05) is 30.5 Å². The Bertz CT molecular complexity index is 1010. The van der Waals surface area contributed by atoms with E-state index in [1.165, 1.54) is 5.56 Å². The molecule has 0 aromatic carbocycles. The zero-order valence-electron chi connectivity index (χ0n) is 17.9. The topological polar surface area (TPSA) is 90.1 Å². The molecule has 158 valence electrons. The van der Waals surface area contributed by atoms with Crippen LogP contribution in [0.2, 0.25) is 0 Å². The highest BCUT2D eigenvalue weighted by atomic mass is 16.2. The number of hydrogen-bond donors (Lipinski definition) is 2. The summed E-state index contributed by atoms with van der Waals surface area (Å²) in [5, 5.41) is 16.7. The fraction of sp³-hybridized carbons (Fsp3) is 0.455. The molecule has 4 heterocycles. The van der Waals surface area contributed by atoms with Crippen LogP contribution in [0.5, 0.6) is 0 Å². The molecule has 0 spiro atoms. The van der Waals surface area contributed by atoms with Crippen molar-refractivity contribution in [1.82, 2.24) is 25.0 Å². The first kappa shape index (κ1) is 20.1. The Hall–Kier alpha value is -3.16. The molecule has 2 aromatic rings. The van der Waals surface area contributed by atoms with Crippen LogP contribution in [0.1, 0.15) is 32.3 Å². The van der Waals surface area contributed by atoms with Gasteiger partial charge >= 0.3 is 0 Å². The first-order valence-electron chi connectivity index (χ1n) is 10.5. The minimum absolute atomic E-state index is 0.0534. The summed E-state index contributed by atoms with van der Waals surface area (Å²) in [6.45, 7) is 6.41. The third kappa shape index (κ3) is 3.81. The van der Waals surface area contributed by atoms with Crippen molar-refractivity contribution in [3.05, 3.63) is 41.5 Å². The van der Waals surface area contributed by atoms with Crippen molar-refractivity contribution in [3.8, 4) is 11.3 Å². The lowest BCUT2D eigenvalue weighted by molar-refractivity contribution is -0.128. The quantitative estimate of drug-likeness (QED) is 0.600. The van der Waals surface area contributed by atoms with Crippen LogP contribution in [0, 0.1) is 5.41 Å². The average molecular weight is 408 g/mol. The molecule has 0 bridgehead atoms. The SMILES string of the molecule is CCNC1=C(C(=N)N2CCCc3cc(-c4cnn(C)c4)ncc32)CN(C(C)=O)CC1. The van der Waals surface area contributed by atoms with Crippen molar-refractivity contribution in [1.29, 1.82) is 5.41 Å². The van der Waals surface area contributed by atoms with E-state index in [-0.39, 0.29) is 5.91 Å². The van der Waals surface area contributed by atoms with Gasteiger partial charge in [-0.15, -0.1) is 0 Å². The lowest BCUT2D eigenvalue weighted by Gasteiger charge is -2.36. The molecule has 8 heteroatoms. The molecule has 0 saturated carbocycles. The van der Waals surface area contributed by atoms with E-state index in [4.69, 9.17) is 5.41 Å². The van der Waals surface area contributed by atoms with Crippen molar-refractivity contribution in [2.75, 3.05) is 31.1 Å². The van der Waals surface area contributed by atoms with Crippen molar-refractivity contribution in [3.63, 3.8) is 0 Å². The molecule has 0 saturated heterocycles. The summed E-state index contributed by atoms with van der Waals surface area (Å²) in [5.74, 6) is 0.520. The second-order valence-electron chi connectivity index (χ2n) is 7.88. The van der Waals surface area contributed by atoms with Crippen LogP contribution in [0.4, 0.5) is 5.69 Å². The molecule has 0 atom stereocenters. The summed E-state index contributed by atoms with van der Waals surface area (Å²) in [5.41, 5.74) is 6.07. The molecule has 0 fully saturated rings. The average Bonchev–Trinajstić information content (AvgIpc) is 3.19. The van der Waals surface area contributed by atoms with Crippen LogP contribution in [-0.4, -0.2) is 57.6 Å². The largest absolute Gasteiger partial charge is 0.388 e. The molecule has 0 radical (unpaired) electrons. The van der Waals surface area contributed by atoms with Crippen LogP contribution < -0.4 is 10.2 Å². The minimum Gasteiger partial charge on any atom is -0.388 e. The van der Waals surface area contributed by atoms with Crippen molar-refractivity contribution in [2.45, 2.75) is 33.1 Å². The first-order chi connectivity index (χ1) is 14.5. The first-order valence-corrected chi connectivity index (χ1v) is 10.5. The number of rotatable bonds is 4. The summed E-state index contributed by atoms with van der Waals surface area (Å²) < 4.78 is 1.77. The molecule has 30 heavy (non-hydrogen) atoms. The number of nitrogens with one attached hydrogen (secondary N) is 2. The second-order valence-corrected chi connectivity index (χ2v) is 7.88. The van der Waals surface area contributed by atoms with Crippen molar-refractivity contribution >= 4 is 17.4 Å². The Morgan fingerprint density at radius 1 is 1.27 bits per heavy atom. The second kappa shape index (κ2) is 8.30. The monoisotopic (exact) mass is 407 g/mol. The van der Waals surface area contributed by atoms with Crippen LogP contribution in [-0.2, 0) is 18.3 Å². The summed E-state index contributed by atoms with van der Waals surface area (Å²) in [7, 11) is 1.90. The predicted molar refractivity (Wildman–Crippen MR) is 117 cm³/mol. The van der Waals surface area contributed by atoms with Gasteiger partial charge in [0.15, 0.2) is 0 Å². The maximum Gasteiger partial charge on any atom is 0.219 e. The van der Waals surface area contributed by atoms with Gasteiger partial charge in [0.05, 0.1) is 30.3 Å². The van der Waals surface area contributed by atoms with E-state index in [0.29, 0.717) is 18.9 Å². The molecule has 2 aromatic heterocycles. The third-order valence-electron chi connectivity index (χ3n) is 5.82. The number of anilines is 1. The number of aromatic nitrogens is 3. The van der Waals surface area contributed by atoms with E-state index >= 15 is 0 Å². The molecule has 8 nitrogen and oxygen atoms in total. The predicted octanol–water partition coefficient (Wildman–Crippen LogP) is 2.33. The van der Waals surface area contributed by atoms with Crippen LogP contribution in [0.3, 0.4) is 0 Å². The van der Waals surface area contributed by atoms with Gasteiger partial charge in [-0.25, -0.2) is 0 Å². The molecule has 0 unspecified atom stereocenters. The van der Waals surface area contributed by atoms with Gasteiger partial charge in [0, 0.05) is 63.1 Å². The Morgan fingerprint density at radius 2 is 2.10 bits per heavy atom. The fourth-order valence-corrected chi connectivity index (χ4v) is 4.25. The maximum atomic E-state index is 12.0. The summed E-state index contributed by atoms with van der Waals surface area (Å²) in [6.07, 6.45) is 8.36. The molecular weight excluding hydrogens is 378 g/mol. The molecule has 2 aliphatic rings. The summed E-state index contributed by atoms with van der Waals surface area (Å²) >= 11 is 0. The zero-order chi connectivity index (χ0) is 21.3. The van der Waals surface area contributed by atoms with Gasteiger partial charge in [0.1, 0.15) is 5.84 Å². The van der Waals surface area contributed by atoms with Gasteiger partial charge in [0.25, 0.3) is 0 Å². The molecule has 0 aliphatic carbocycles. The molecular formula is C22H29N7O. The molecule has 1 amide bonds. The minimum atomic E-state index is 0.0534. The van der Waals surface area contributed by atoms with Crippen LogP contribution in [0.15, 0.2) is 35.9 Å². The van der Waals surface area contributed by atoms with E-state index in [0.717, 1.165) is 60.6 Å². The van der Waals surface area contributed by atoms with E-state index in [2.05, 4.69) is 33.3 Å². The van der Waals surface area contributed by atoms with Crippen molar-refractivity contribution in [2.24, 2.45) is 7.05 Å². The molecule has 4 rings (SSSR count). The van der Waals surface area contributed by atoms with Gasteiger partial charge in [-0.1, -0.05) is 0 Å². The Morgan fingerprint density at radius 3 is 2.80 bits per heavy atom. The highest BCUT2D eigenvalue weighted by Gasteiger charge is 2.29. The highest BCUT2D eigenvalue weighted by molar-refractivity contribution is 6.09. The normalized spacial score (nSPS) is 16.5. The van der Waals surface area contributed by atoms with Crippen LogP contribution >= 0.6 is 0 Å². The lowest BCUT2D eigenvalue weighted by Crippen LogP contribution is -2.45. The van der Waals surface area contributed by atoms with E-state index in [1.54, 1.807) is 11.6 Å². The zero-order valence-corrected chi connectivity index (χ0v) is 17.9. The number of aryl methyl sites for hydroxylation is 2. The van der Waals surface area contributed by atoms with Gasteiger partial charge < -0.3 is 15.1 Å². The standard InChI is InChI=1S/C22H29N7O/c1-4-24-19-7-9-28(15(2)30)14-18(19)22(23)29-8-5-6-16-10-20(25-12-21(16)29)17-11-26-27(3)13-17/h10-13,23-24H,4-9,14H2,1-3H3. The number of carbonyl (C=O) groups excluding carboxylic acids is 1. The van der Waals surface area contributed by atoms with Gasteiger partial charge in [0.2, 0.25) is 5.91 Å². The van der Waals surface area contributed by atoms with Crippen molar-refractivity contribution < 1.29 is 4.79 Å². The van der Waals surface area contributed by atoms with Gasteiger partial charge in [-0.05, 0) is 31.4 Å². The Kier molecular flexibility index (Phi) is 5.57. The smallest absolute Gasteiger partial charge is 0.219 e. The number of fused-ring (bicyclic) bond motifs is 1. The fourth-order valence-electron chi connectivity index (χ4n) is 4.25. The number of nitrogens with zero attached hydrogens (tertiary/aromatic N) is 5. The van der Waals surface area contributed by atoms with Gasteiger partial charge in [-0.3, -0.25) is 19.9 Å². The number of pyridine rings is 1. The number of hydrogen-bond acceptors (Lipinski definition) is 5. The summed E-state index contributed by atoms with van der Waals surface area (Å²) in [6, 6.07) is 2.12. The summed E-state index contributed by atoms with van der Waals surface area (Å²) in [4.78, 5) is 20.5. The van der Waals surface area contributed by atoms with E-state index in [9.17, 15) is 4.79 Å². The van der Waals surface area contributed by atoms with Gasteiger partial charge in [-0.2, -0.15) is 5.10 Å². The number of carbonyl (C=O) groups is 1. The Balaban J connectivity index is 1.66. The highest BCUT2D eigenvalue weighted by Crippen LogP contribution is 2.32. The number of amidine groups is 1. The molecule has 2 aliphatic heterocycles. The van der Waals surface area contributed by atoms with E-state index < -0.39 is 0 Å². The Labute approximate surface area is 177 Å². The lowest BCUT2D eigenvalue weighted by atomic mass is 9.98. The van der Waals surface area contributed by atoms with Crippen LogP contribution in [0.25, 0.3) is 11.3 Å².